The Labute approximate surface area is 138 Å². The van der Waals surface area contributed by atoms with Crippen molar-refractivity contribution >= 4 is 34.8 Å². The molecule has 0 unspecified atom stereocenters. The summed E-state index contributed by atoms with van der Waals surface area (Å²) in [6.45, 7) is 1.62. The number of carbonyl (C=O) groups is 1. The minimum Gasteiger partial charge on any atom is -0.484 e. The first-order valence-corrected chi connectivity index (χ1v) is 7.32. The molecule has 2 aromatic rings. The molecule has 4 nitrogen and oxygen atoms in total. The Bertz CT molecular complexity index is 669. The highest BCUT2D eigenvalue weighted by Crippen LogP contribution is 2.24. The Morgan fingerprint density at radius 2 is 1.86 bits per heavy atom. The van der Waals surface area contributed by atoms with Crippen LogP contribution in [0.15, 0.2) is 36.4 Å². The minimum atomic E-state index is -0.311. The van der Waals surface area contributed by atoms with Gasteiger partial charge in [-0.15, -0.1) is 0 Å². The van der Waals surface area contributed by atoms with E-state index in [4.69, 9.17) is 33.0 Å². The number of carbonyl (C=O) groups excluding carboxylic acids is 1. The van der Waals surface area contributed by atoms with Crippen molar-refractivity contribution in [2.75, 3.05) is 11.9 Å². The normalized spacial score (nSPS) is 10.4. The molecule has 0 saturated heterocycles. The van der Waals surface area contributed by atoms with Crippen LogP contribution in [0.3, 0.4) is 0 Å². The fraction of sp³-hybridized carbons (Fsp3) is 0.188. The van der Waals surface area contributed by atoms with E-state index in [0.29, 0.717) is 21.5 Å². The van der Waals surface area contributed by atoms with Crippen LogP contribution in [0.4, 0.5) is 5.69 Å². The number of halogens is 2. The molecule has 0 radical (unpaired) electrons. The van der Waals surface area contributed by atoms with E-state index in [1.807, 2.05) is 13.0 Å². The maximum Gasteiger partial charge on any atom is 0.262 e. The highest BCUT2D eigenvalue weighted by atomic mass is 35.5. The van der Waals surface area contributed by atoms with E-state index >= 15 is 0 Å². The molecule has 2 rings (SSSR count). The third kappa shape index (κ3) is 4.63. The molecule has 0 aliphatic rings. The number of aliphatic hydroxyl groups excluding tert-OH is 1. The van der Waals surface area contributed by atoms with Crippen LogP contribution in [0.1, 0.15) is 11.1 Å². The van der Waals surface area contributed by atoms with Crippen LogP contribution in [0.25, 0.3) is 0 Å². The molecule has 116 valence electrons. The van der Waals surface area contributed by atoms with Gasteiger partial charge in [-0.2, -0.15) is 0 Å². The first kappa shape index (κ1) is 16.6. The highest BCUT2D eigenvalue weighted by molar-refractivity contribution is 6.34. The van der Waals surface area contributed by atoms with E-state index < -0.39 is 0 Å². The first-order chi connectivity index (χ1) is 10.5. The van der Waals surface area contributed by atoms with Gasteiger partial charge in [-0.25, -0.2) is 0 Å². The number of anilines is 1. The SMILES string of the molecule is Cc1ccc(CO)cc1NC(=O)COc1cc(Cl)cc(Cl)c1. The number of nitrogens with one attached hydrogen (secondary N) is 1. The standard InChI is InChI=1S/C16H15Cl2NO3/c1-10-2-3-11(8-20)4-15(10)19-16(21)9-22-14-6-12(17)5-13(18)7-14/h2-7,20H,8-9H2,1H3,(H,19,21). The predicted octanol–water partition coefficient (Wildman–Crippen LogP) is 3.81. The topological polar surface area (TPSA) is 58.6 Å². The van der Waals surface area contributed by atoms with Crippen LogP contribution in [0.2, 0.25) is 10.0 Å². The molecule has 0 aromatic heterocycles. The van der Waals surface area contributed by atoms with Gasteiger partial charge in [0.05, 0.1) is 6.61 Å². The molecule has 22 heavy (non-hydrogen) atoms. The molecule has 2 N–H and O–H groups in total. The minimum absolute atomic E-state index is 0.0827. The quantitative estimate of drug-likeness (QED) is 0.870. The van der Waals surface area contributed by atoms with Crippen molar-refractivity contribution in [1.82, 2.24) is 0 Å². The van der Waals surface area contributed by atoms with Gasteiger partial charge < -0.3 is 15.2 Å². The van der Waals surface area contributed by atoms with Gasteiger partial charge in [0.25, 0.3) is 5.91 Å². The lowest BCUT2D eigenvalue weighted by Gasteiger charge is -2.11. The summed E-state index contributed by atoms with van der Waals surface area (Å²) < 4.78 is 5.37. The molecular formula is C16H15Cl2NO3. The van der Waals surface area contributed by atoms with Crippen LogP contribution in [-0.2, 0) is 11.4 Å². The summed E-state index contributed by atoms with van der Waals surface area (Å²) >= 11 is 11.7. The van der Waals surface area contributed by atoms with E-state index in [0.717, 1.165) is 11.1 Å². The van der Waals surface area contributed by atoms with Gasteiger partial charge in [0.15, 0.2) is 6.61 Å². The lowest BCUT2D eigenvalue weighted by atomic mass is 10.1. The molecule has 0 aliphatic carbocycles. The molecule has 0 fully saturated rings. The zero-order chi connectivity index (χ0) is 16.1. The maximum atomic E-state index is 11.9. The van der Waals surface area contributed by atoms with Crippen molar-refractivity contribution in [3.63, 3.8) is 0 Å². The molecule has 0 spiro atoms. The third-order valence-electron chi connectivity index (χ3n) is 2.96. The number of aryl methyl sites for hydroxylation is 1. The summed E-state index contributed by atoms with van der Waals surface area (Å²) in [5.41, 5.74) is 2.27. The van der Waals surface area contributed by atoms with Gasteiger partial charge in [0, 0.05) is 15.7 Å². The summed E-state index contributed by atoms with van der Waals surface area (Å²) in [6, 6.07) is 10.1. The number of ether oxygens (including phenoxy) is 1. The van der Waals surface area contributed by atoms with Crippen LogP contribution in [0, 0.1) is 6.92 Å². The van der Waals surface area contributed by atoms with Crippen LogP contribution in [-0.4, -0.2) is 17.6 Å². The Morgan fingerprint density at radius 1 is 1.18 bits per heavy atom. The number of aliphatic hydroxyl groups is 1. The van der Waals surface area contributed by atoms with E-state index in [-0.39, 0.29) is 19.1 Å². The second-order valence-corrected chi connectivity index (χ2v) is 5.62. The van der Waals surface area contributed by atoms with Crippen molar-refractivity contribution in [2.24, 2.45) is 0 Å². The summed E-state index contributed by atoms with van der Waals surface area (Å²) in [5, 5.41) is 12.8. The fourth-order valence-electron chi connectivity index (χ4n) is 1.85. The highest BCUT2D eigenvalue weighted by Gasteiger charge is 2.07. The van der Waals surface area contributed by atoms with E-state index in [1.54, 1.807) is 30.3 Å². The lowest BCUT2D eigenvalue weighted by Crippen LogP contribution is -2.20. The molecule has 0 aliphatic heterocycles. The third-order valence-corrected chi connectivity index (χ3v) is 3.40. The number of hydrogen-bond donors (Lipinski definition) is 2. The van der Waals surface area contributed by atoms with Crippen LogP contribution < -0.4 is 10.1 Å². The lowest BCUT2D eigenvalue weighted by molar-refractivity contribution is -0.118. The van der Waals surface area contributed by atoms with Gasteiger partial charge >= 0.3 is 0 Å². The van der Waals surface area contributed by atoms with Gasteiger partial charge in [0.1, 0.15) is 5.75 Å². The predicted molar refractivity (Wildman–Crippen MR) is 87.7 cm³/mol. The fourth-order valence-corrected chi connectivity index (χ4v) is 2.36. The molecule has 1 amide bonds. The Balaban J connectivity index is 1.98. The van der Waals surface area contributed by atoms with Crippen LogP contribution in [0.5, 0.6) is 5.75 Å². The Kier molecular flexibility index (Phi) is 5.66. The van der Waals surface area contributed by atoms with Gasteiger partial charge in [-0.1, -0.05) is 35.3 Å². The molecular weight excluding hydrogens is 325 g/mol. The van der Waals surface area contributed by atoms with Crippen molar-refractivity contribution < 1.29 is 14.6 Å². The molecule has 0 atom stereocenters. The van der Waals surface area contributed by atoms with Gasteiger partial charge in [0.2, 0.25) is 0 Å². The number of rotatable bonds is 5. The zero-order valence-electron chi connectivity index (χ0n) is 11.9. The average molecular weight is 340 g/mol. The molecule has 6 heteroatoms. The van der Waals surface area contributed by atoms with Crippen molar-refractivity contribution in [1.29, 1.82) is 0 Å². The monoisotopic (exact) mass is 339 g/mol. The Morgan fingerprint density at radius 3 is 2.50 bits per heavy atom. The Hall–Kier alpha value is -1.75. The van der Waals surface area contributed by atoms with Crippen molar-refractivity contribution in [3.05, 3.63) is 57.6 Å². The maximum absolute atomic E-state index is 11.9. The average Bonchev–Trinajstić information content (AvgIpc) is 2.46. The summed E-state index contributed by atoms with van der Waals surface area (Å²) in [6.07, 6.45) is 0. The van der Waals surface area contributed by atoms with Crippen molar-refractivity contribution in [3.8, 4) is 5.75 Å². The smallest absolute Gasteiger partial charge is 0.262 e. The molecule has 0 bridgehead atoms. The largest absolute Gasteiger partial charge is 0.484 e. The summed E-state index contributed by atoms with van der Waals surface area (Å²) in [5.74, 6) is 0.114. The first-order valence-electron chi connectivity index (χ1n) is 6.57. The number of amides is 1. The molecule has 0 saturated carbocycles. The molecule has 0 heterocycles. The summed E-state index contributed by atoms with van der Waals surface area (Å²) in [7, 11) is 0. The van der Waals surface area contributed by atoms with Gasteiger partial charge in [-0.05, 0) is 42.3 Å². The second kappa shape index (κ2) is 7.49. The van der Waals surface area contributed by atoms with Crippen LogP contribution >= 0.6 is 23.2 Å². The summed E-state index contributed by atoms with van der Waals surface area (Å²) in [4.78, 5) is 11.9. The number of benzene rings is 2. The van der Waals surface area contributed by atoms with Gasteiger partial charge in [-0.3, -0.25) is 4.79 Å². The second-order valence-electron chi connectivity index (χ2n) is 4.75. The number of hydrogen-bond acceptors (Lipinski definition) is 3. The van der Waals surface area contributed by atoms with E-state index in [1.165, 1.54) is 0 Å². The van der Waals surface area contributed by atoms with Crippen molar-refractivity contribution in [2.45, 2.75) is 13.5 Å². The molecule has 2 aromatic carbocycles. The van der Waals surface area contributed by atoms with E-state index in [9.17, 15) is 4.79 Å². The zero-order valence-corrected chi connectivity index (χ0v) is 13.4. The van der Waals surface area contributed by atoms with E-state index in [2.05, 4.69) is 5.32 Å².